The fraction of sp³-hybridized carbons (Fsp3) is 0.214. The highest BCUT2D eigenvalue weighted by Crippen LogP contribution is 2.29. The molecule has 5 nitrogen and oxygen atoms in total. The first-order valence-electron chi connectivity index (χ1n) is 5.96. The average Bonchev–Trinajstić information content (AvgIpc) is 2.64. The molecule has 0 aliphatic carbocycles. The van der Waals surface area contributed by atoms with Gasteiger partial charge in [-0.2, -0.15) is 0 Å². The van der Waals surface area contributed by atoms with Gasteiger partial charge in [-0.1, -0.05) is 18.7 Å². The minimum absolute atomic E-state index is 0.338. The Kier molecular flexibility index (Phi) is 2.48. The summed E-state index contributed by atoms with van der Waals surface area (Å²) in [6.07, 6.45) is 0.826. The zero-order chi connectivity index (χ0) is 13.6. The fourth-order valence-electron chi connectivity index (χ4n) is 2.40. The van der Waals surface area contributed by atoms with Crippen LogP contribution in [0, 0.1) is 0 Å². The van der Waals surface area contributed by atoms with E-state index >= 15 is 0 Å². The first-order valence-corrected chi connectivity index (χ1v) is 5.96. The first kappa shape index (κ1) is 11.6. The summed E-state index contributed by atoms with van der Waals surface area (Å²) in [6, 6.07) is 5.70. The van der Waals surface area contributed by atoms with Gasteiger partial charge < -0.3 is 4.74 Å². The average molecular weight is 257 g/mol. The number of hydrogen-bond donors (Lipinski definition) is 0. The molecule has 2 heterocycles. The maximum absolute atomic E-state index is 12.2. The van der Waals surface area contributed by atoms with E-state index < -0.39 is 23.8 Å². The van der Waals surface area contributed by atoms with Gasteiger partial charge in [0.15, 0.2) is 0 Å². The number of hydrogen-bond acceptors (Lipinski definition) is 4. The van der Waals surface area contributed by atoms with E-state index in [4.69, 9.17) is 4.74 Å². The summed E-state index contributed by atoms with van der Waals surface area (Å²) < 4.78 is 4.93. The molecule has 1 saturated heterocycles. The van der Waals surface area contributed by atoms with Gasteiger partial charge in [-0.25, -0.2) is 4.79 Å². The Balaban J connectivity index is 1.96. The van der Waals surface area contributed by atoms with Gasteiger partial charge in [-0.3, -0.25) is 14.5 Å². The summed E-state index contributed by atoms with van der Waals surface area (Å²) in [5.74, 6) is -1.09. The number of rotatable bonds is 1. The zero-order valence-corrected chi connectivity index (χ0v) is 10.1. The van der Waals surface area contributed by atoms with E-state index in [1.54, 1.807) is 24.3 Å². The second-order valence-electron chi connectivity index (χ2n) is 4.54. The summed E-state index contributed by atoms with van der Waals surface area (Å²) in [4.78, 5) is 37.2. The quantitative estimate of drug-likeness (QED) is 0.565. The van der Waals surface area contributed by atoms with Crippen molar-refractivity contribution in [2.75, 3.05) is 0 Å². The van der Waals surface area contributed by atoms with Gasteiger partial charge in [0.2, 0.25) is 0 Å². The molecule has 1 aromatic carbocycles. The van der Waals surface area contributed by atoms with Gasteiger partial charge in [0.1, 0.15) is 11.8 Å². The number of ether oxygens (including phenoxy) is 1. The third-order valence-corrected chi connectivity index (χ3v) is 3.35. The lowest BCUT2D eigenvalue weighted by Crippen LogP contribution is -2.47. The SMILES string of the molecule is C=C1CC[C@H](N2C(=O)c3ccccc3C2=O)C(=O)O1. The Bertz CT molecular complexity index is 585. The Morgan fingerprint density at radius 3 is 2.21 bits per heavy atom. The van der Waals surface area contributed by atoms with Crippen molar-refractivity contribution in [2.24, 2.45) is 0 Å². The molecule has 0 saturated carbocycles. The number of carbonyl (C=O) groups is 3. The number of imide groups is 1. The summed E-state index contributed by atoms with van der Waals surface area (Å²) in [6.45, 7) is 3.57. The Labute approximate surface area is 109 Å². The second kappa shape index (κ2) is 4.05. The molecule has 3 rings (SSSR count). The van der Waals surface area contributed by atoms with Gasteiger partial charge >= 0.3 is 5.97 Å². The van der Waals surface area contributed by atoms with E-state index in [1.807, 2.05) is 0 Å². The Morgan fingerprint density at radius 2 is 1.68 bits per heavy atom. The number of carbonyl (C=O) groups excluding carboxylic acids is 3. The largest absolute Gasteiger partial charge is 0.430 e. The highest BCUT2D eigenvalue weighted by molar-refractivity contribution is 6.22. The van der Waals surface area contributed by atoms with Crippen LogP contribution in [0.1, 0.15) is 33.6 Å². The van der Waals surface area contributed by atoms with Crippen LogP contribution < -0.4 is 0 Å². The highest BCUT2D eigenvalue weighted by atomic mass is 16.5. The highest BCUT2D eigenvalue weighted by Gasteiger charge is 2.44. The van der Waals surface area contributed by atoms with E-state index in [0.29, 0.717) is 29.7 Å². The van der Waals surface area contributed by atoms with Gasteiger partial charge in [-0.15, -0.1) is 0 Å². The molecule has 2 aliphatic rings. The van der Waals surface area contributed by atoms with Crippen LogP contribution in [0.2, 0.25) is 0 Å². The maximum Gasteiger partial charge on any atom is 0.334 e. The molecule has 0 spiro atoms. The van der Waals surface area contributed by atoms with E-state index in [0.717, 1.165) is 4.90 Å². The summed E-state index contributed by atoms with van der Waals surface area (Å²) >= 11 is 0. The van der Waals surface area contributed by atoms with E-state index in [1.165, 1.54) is 0 Å². The fourth-order valence-corrected chi connectivity index (χ4v) is 2.40. The smallest absolute Gasteiger partial charge is 0.334 e. The van der Waals surface area contributed by atoms with E-state index in [-0.39, 0.29) is 0 Å². The molecule has 1 fully saturated rings. The molecule has 96 valence electrons. The summed E-state index contributed by atoms with van der Waals surface area (Å²) in [7, 11) is 0. The van der Waals surface area contributed by atoms with Crippen molar-refractivity contribution < 1.29 is 19.1 Å². The molecule has 0 radical (unpaired) electrons. The van der Waals surface area contributed by atoms with Crippen LogP contribution in [0.25, 0.3) is 0 Å². The van der Waals surface area contributed by atoms with Crippen molar-refractivity contribution in [2.45, 2.75) is 18.9 Å². The van der Waals surface area contributed by atoms with Crippen molar-refractivity contribution in [3.05, 3.63) is 47.7 Å². The summed E-state index contributed by atoms with van der Waals surface area (Å²) in [5.41, 5.74) is 0.675. The minimum atomic E-state index is -0.849. The molecule has 2 amide bonds. The topological polar surface area (TPSA) is 63.7 Å². The lowest BCUT2D eigenvalue weighted by atomic mass is 10.1. The van der Waals surface area contributed by atoms with Crippen LogP contribution in [0.5, 0.6) is 0 Å². The van der Waals surface area contributed by atoms with Crippen molar-refractivity contribution in [1.29, 1.82) is 0 Å². The van der Waals surface area contributed by atoms with Gasteiger partial charge in [0.25, 0.3) is 11.8 Å². The third kappa shape index (κ3) is 1.66. The molecule has 0 bridgehead atoms. The molecule has 1 aromatic rings. The number of benzene rings is 1. The lowest BCUT2D eigenvalue weighted by Gasteiger charge is -2.28. The van der Waals surface area contributed by atoms with Crippen LogP contribution in [-0.4, -0.2) is 28.7 Å². The van der Waals surface area contributed by atoms with Crippen LogP contribution in [-0.2, 0) is 9.53 Å². The van der Waals surface area contributed by atoms with Crippen molar-refractivity contribution in [3.8, 4) is 0 Å². The minimum Gasteiger partial charge on any atom is -0.430 e. The molecule has 0 aromatic heterocycles. The van der Waals surface area contributed by atoms with Crippen LogP contribution in [0.3, 0.4) is 0 Å². The number of allylic oxidation sites excluding steroid dienone is 1. The predicted molar refractivity (Wildman–Crippen MR) is 65.2 cm³/mol. The van der Waals surface area contributed by atoms with Crippen molar-refractivity contribution >= 4 is 17.8 Å². The van der Waals surface area contributed by atoms with Gasteiger partial charge in [-0.05, 0) is 18.6 Å². The van der Waals surface area contributed by atoms with E-state index in [9.17, 15) is 14.4 Å². The number of amides is 2. The van der Waals surface area contributed by atoms with Crippen LogP contribution in [0.4, 0.5) is 0 Å². The van der Waals surface area contributed by atoms with Gasteiger partial charge in [0, 0.05) is 6.42 Å². The molecule has 5 heteroatoms. The maximum atomic E-state index is 12.2. The number of fused-ring (bicyclic) bond motifs is 1. The second-order valence-corrected chi connectivity index (χ2v) is 4.54. The third-order valence-electron chi connectivity index (χ3n) is 3.35. The van der Waals surface area contributed by atoms with E-state index in [2.05, 4.69) is 6.58 Å². The van der Waals surface area contributed by atoms with Crippen LogP contribution >= 0.6 is 0 Å². The molecular weight excluding hydrogens is 246 g/mol. The van der Waals surface area contributed by atoms with Crippen molar-refractivity contribution in [3.63, 3.8) is 0 Å². The lowest BCUT2D eigenvalue weighted by molar-refractivity contribution is -0.147. The molecular formula is C14H11NO4. The number of esters is 1. The molecule has 1 atom stereocenters. The first-order chi connectivity index (χ1) is 9.09. The molecule has 19 heavy (non-hydrogen) atoms. The number of nitrogens with zero attached hydrogens (tertiary/aromatic N) is 1. The molecule has 2 aliphatic heterocycles. The van der Waals surface area contributed by atoms with Gasteiger partial charge in [0.05, 0.1) is 11.1 Å². The molecule has 0 unspecified atom stereocenters. The zero-order valence-electron chi connectivity index (χ0n) is 10.1. The predicted octanol–water partition coefficient (Wildman–Crippen LogP) is 1.50. The van der Waals surface area contributed by atoms with Crippen LogP contribution in [0.15, 0.2) is 36.6 Å². The molecule has 0 N–H and O–H groups in total. The standard InChI is InChI=1S/C14H11NO4/c1-8-6-7-11(14(18)19-8)15-12(16)9-4-2-3-5-10(9)13(15)17/h2-5,11H,1,6-7H2/t11-/m0/s1. The van der Waals surface area contributed by atoms with Crippen molar-refractivity contribution in [1.82, 2.24) is 4.90 Å². The Morgan fingerprint density at radius 1 is 1.11 bits per heavy atom. The Hall–Kier alpha value is -2.43. The summed E-state index contributed by atoms with van der Waals surface area (Å²) in [5, 5.41) is 0. The number of cyclic esters (lactones) is 1. The normalized spacial score (nSPS) is 22.5. The monoisotopic (exact) mass is 257 g/mol.